The summed E-state index contributed by atoms with van der Waals surface area (Å²) in [5.74, 6) is 3.16. The molecule has 8 aliphatic rings. The number of fused-ring (bicyclic) bond motifs is 1. The smallest absolute Gasteiger partial charge is 0.231 e. The fourth-order valence-corrected chi connectivity index (χ4v) is 10.4. The van der Waals surface area contributed by atoms with E-state index in [1.807, 2.05) is 24.3 Å². The topological polar surface area (TPSA) is 134 Å². The molecule has 8 fully saturated rings. The van der Waals surface area contributed by atoms with E-state index in [1.54, 1.807) is 12.3 Å². The molecule has 9 heteroatoms. The van der Waals surface area contributed by atoms with Gasteiger partial charge in [-0.2, -0.15) is 0 Å². The molecule has 2 aromatic heterocycles. The Morgan fingerprint density at radius 2 is 1.28 bits per heavy atom. The van der Waals surface area contributed by atoms with Crippen LogP contribution in [-0.2, 0) is 19.2 Å². The third-order valence-electron chi connectivity index (χ3n) is 12.0. The number of hydrogen-bond donors (Lipinski definition) is 3. The van der Waals surface area contributed by atoms with Gasteiger partial charge in [0, 0.05) is 41.0 Å². The van der Waals surface area contributed by atoms with E-state index >= 15 is 0 Å². The highest BCUT2D eigenvalue weighted by molar-refractivity contribution is 6.00. The van der Waals surface area contributed by atoms with Gasteiger partial charge in [0.15, 0.2) is 0 Å². The van der Waals surface area contributed by atoms with Crippen molar-refractivity contribution in [1.82, 2.24) is 15.0 Å². The summed E-state index contributed by atoms with van der Waals surface area (Å²) in [6, 6.07) is 9.45. The van der Waals surface area contributed by atoms with Crippen molar-refractivity contribution in [3.8, 4) is 11.4 Å². The second kappa shape index (κ2) is 8.83. The molecule has 0 radical (unpaired) electrons. The number of hydrogen-bond acceptors (Lipinski definition) is 6. The van der Waals surface area contributed by atoms with Crippen LogP contribution in [0.15, 0.2) is 36.5 Å². The molecule has 9 nitrogen and oxygen atoms in total. The molecule has 3 aromatic rings. The first kappa shape index (κ1) is 25.6. The molecule has 4 unspecified atom stereocenters. The summed E-state index contributed by atoms with van der Waals surface area (Å²) in [5.41, 5.74) is 2.22. The van der Waals surface area contributed by atoms with Crippen molar-refractivity contribution in [1.29, 1.82) is 0 Å². The van der Waals surface area contributed by atoms with Crippen LogP contribution in [0.1, 0.15) is 64.2 Å². The average Bonchev–Trinajstić information content (AvgIpc) is 3.41. The summed E-state index contributed by atoms with van der Waals surface area (Å²) in [6.45, 7) is 0. The fourth-order valence-electron chi connectivity index (χ4n) is 10.4. The number of imidazole rings is 1. The molecule has 220 valence electrons. The van der Waals surface area contributed by atoms with E-state index in [4.69, 9.17) is 4.98 Å². The van der Waals surface area contributed by atoms with Gasteiger partial charge in [0.1, 0.15) is 23.2 Å². The van der Waals surface area contributed by atoms with Crippen molar-refractivity contribution >= 4 is 45.9 Å². The Morgan fingerprint density at radius 3 is 1.84 bits per heavy atom. The van der Waals surface area contributed by atoms with Crippen LogP contribution in [0.25, 0.3) is 22.4 Å². The first-order valence-electron chi connectivity index (χ1n) is 15.9. The third-order valence-corrected chi connectivity index (χ3v) is 12.0. The van der Waals surface area contributed by atoms with Crippen LogP contribution in [-0.4, -0.2) is 38.3 Å². The Morgan fingerprint density at radius 1 is 0.744 bits per heavy atom. The van der Waals surface area contributed by atoms with Crippen LogP contribution >= 0.6 is 0 Å². The summed E-state index contributed by atoms with van der Waals surface area (Å²) < 4.78 is 0. The largest absolute Gasteiger partial charge is 0.337 e. The highest BCUT2D eigenvalue weighted by Gasteiger charge is 2.59. The van der Waals surface area contributed by atoms with Crippen LogP contribution < -0.4 is 10.6 Å². The number of carbonyl (C=O) groups excluding carboxylic acids is 4. The second-order valence-corrected chi connectivity index (χ2v) is 14.7. The lowest BCUT2D eigenvalue weighted by atomic mass is 9.49. The summed E-state index contributed by atoms with van der Waals surface area (Å²) in [7, 11) is 0. The van der Waals surface area contributed by atoms with Crippen LogP contribution in [0.5, 0.6) is 0 Å². The van der Waals surface area contributed by atoms with Gasteiger partial charge in [0.25, 0.3) is 0 Å². The number of nitrogens with zero attached hydrogens (tertiary/aromatic N) is 2. The number of ketones is 2. The van der Waals surface area contributed by atoms with Crippen molar-refractivity contribution in [2.24, 2.45) is 46.3 Å². The van der Waals surface area contributed by atoms with E-state index in [9.17, 15) is 19.2 Å². The van der Waals surface area contributed by atoms with Gasteiger partial charge >= 0.3 is 0 Å². The van der Waals surface area contributed by atoms with E-state index in [2.05, 4.69) is 20.6 Å². The Hall–Kier alpha value is -3.88. The van der Waals surface area contributed by atoms with Gasteiger partial charge in [-0.05, 0) is 100 Å². The zero-order valence-corrected chi connectivity index (χ0v) is 24.0. The van der Waals surface area contributed by atoms with Gasteiger partial charge in [0.05, 0.1) is 28.1 Å². The van der Waals surface area contributed by atoms with Crippen molar-refractivity contribution in [3.05, 3.63) is 36.5 Å². The van der Waals surface area contributed by atoms with Crippen LogP contribution in [0.4, 0.5) is 11.5 Å². The molecule has 0 saturated heterocycles. The third kappa shape index (κ3) is 3.89. The van der Waals surface area contributed by atoms with Gasteiger partial charge in [-0.25, -0.2) is 9.97 Å². The standard InChI is InChI=1S/C34H35N5O4/c40-28-20-5-17-6-21(28)13-33(10-17,12-20)31(42)36-24-3-1-19(2-4-24)30-37-25-9-27(35-16-26(25)38-30)39-32(43)34-11-18-7-22(14-34)29(41)23(8-18)15-34/h1-4,9,16-18,20-23H,5-8,10-15H2,(H,36,42)(H,37,38)(H,35,39,43). The Bertz CT molecular complexity index is 1690. The minimum atomic E-state index is -0.456. The van der Waals surface area contributed by atoms with Crippen molar-refractivity contribution < 1.29 is 19.2 Å². The molecule has 43 heavy (non-hydrogen) atoms. The summed E-state index contributed by atoms with van der Waals surface area (Å²) in [4.78, 5) is 64.6. The average molecular weight is 578 g/mol. The predicted molar refractivity (Wildman–Crippen MR) is 159 cm³/mol. The molecule has 8 aliphatic carbocycles. The Kier molecular flexibility index (Phi) is 5.26. The Balaban J connectivity index is 0.894. The number of Topliss-reactive ketones (excluding diaryl/α,β-unsaturated/α-hetero) is 2. The normalized spacial score (nSPS) is 36.8. The quantitative estimate of drug-likeness (QED) is 0.377. The second-order valence-electron chi connectivity index (χ2n) is 14.7. The minimum Gasteiger partial charge on any atom is -0.337 e. The SMILES string of the molecule is O=C1C2CC3CC1CC(C(=O)Nc1ccc(-c4nc5cc(NC(=O)C67CC8CC(C6)C(=O)C(C8)C7)ncc5[nH]4)cc1)(C3)C2. The lowest BCUT2D eigenvalue weighted by molar-refractivity contribution is -0.155. The van der Waals surface area contributed by atoms with Crippen molar-refractivity contribution in [3.63, 3.8) is 0 Å². The van der Waals surface area contributed by atoms with E-state index in [0.29, 0.717) is 66.2 Å². The summed E-state index contributed by atoms with van der Waals surface area (Å²) in [6.07, 6.45) is 9.99. The predicted octanol–water partition coefficient (Wildman–Crippen LogP) is 5.29. The van der Waals surface area contributed by atoms with Gasteiger partial charge in [-0.15, -0.1) is 0 Å². The molecule has 2 heterocycles. The number of pyridine rings is 1. The molecule has 2 amide bonds. The van der Waals surface area contributed by atoms with Crippen LogP contribution in [0.3, 0.4) is 0 Å². The monoisotopic (exact) mass is 577 g/mol. The number of nitrogens with one attached hydrogen (secondary N) is 3. The fraction of sp³-hybridized carbons (Fsp3) is 0.529. The number of H-pyrrole nitrogens is 1. The number of carbonyl (C=O) groups is 4. The minimum absolute atomic E-state index is 0.0141. The molecular weight excluding hydrogens is 542 g/mol. The summed E-state index contributed by atoms with van der Waals surface area (Å²) in [5, 5.41) is 6.20. The number of amides is 2. The molecule has 11 rings (SSSR count). The highest BCUT2D eigenvalue weighted by atomic mass is 16.2. The molecule has 0 spiro atoms. The zero-order chi connectivity index (χ0) is 29.1. The number of benzene rings is 1. The maximum atomic E-state index is 13.5. The highest BCUT2D eigenvalue weighted by Crippen LogP contribution is 2.60. The van der Waals surface area contributed by atoms with Crippen molar-refractivity contribution in [2.75, 3.05) is 10.6 Å². The number of aromatic amines is 1. The van der Waals surface area contributed by atoms with Crippen molar-refractivity contribution in [2.45, 2.75) is 64.2 Å². The maximum Gasteiger partial charge on any atom is 0.231 e. The number of aromatic nitrogens is 3. The first-order valence-corrected chi connectivity index (χ1v) is 15.9. The number of anilines is 2. The van der Waals surface area contributed by atoms with E-state index in [0.717, 1.165) is 55.3 Å². The zero-order valence-electron chi connectivity index (χ0n) is 24.0. The molecule has 0 aliphatic heterocycles. The van der Waals surface area contributed by atoms with Gasteiger partial charge in [-0.3, -0.25) is 19.2 Å². The molecule has 4 atom stereocenters. The molecule has 1 aromatic carbocycles. The van der Waals surface area contributed by atoms with Crippen LogP contribution in [0, 0.1) is 46.3 Å². The molecular formula is C34H35N5O4. The summed E-state index contributed by atoms with van der Waals surface area (Å²) >= 11 is 0. The first-order chi connectivity index (χ1) is 20.8. The van der Waals surface area contributed by atoms with Crippen LogP contribution in [0.2, 0.25) is 0 Å². The lowest BCUT2D eigenvalue weighted by Gasteiger charge is -2.54. The van der Waals surface area contributed by atoms with Gasteiger partial charge in [-0.1, -0.05) is 0 Å². The number of rotatable bonds is 5. The Labute approximate surface area is 249 Å². The van der Waals surface area contributed by atoms with Gasteiger partial charge in [0.2, 0.25) is 11.8 Å². The van der Waals surface area contributed by atoms with E-state index in [1.165, 1.54) is 0 Å². The molecule has 3 N–H and O–H groups in total. The maximum absolute atomic E-state index is 13.5. The van der Waals surface area contributed by atoms with Gasteiger partial charge < -0.3 is 15.6 Å². The molecule has 8 bridgehead atoms. The lowest BCUT2D eigenvalue weighted by Crippen LogP contribution is -2.55. The van der Waals surface area contributed by atoms with E-state index in [-0.39, 0.29) is 35.5 Å². The molecule has 8 saturated carbocycles. The van der Waals surface area contributed by atoms with E-state index < -0.39 is 10.8 Å².